The number of aliphatic hydroxyl groups is 2. The van der Waals surface area contributed by atoms with Crippen LogP contribution in [0.25, 0.3) is 0 Å². The van der Waals surface area contributed by atoms with Crippen molar-refractivity contribution in [1.82, 2.24) is 0 Å². The number of ether oxygens (including phenoxy) is 1. The Hall–Kier alpha value is -1.86. The van der Waals surface area contributed by atoms with E-state index in [9.17, 15) is 23.8 Å². The third-order valence-corrected chi connectivity index (χ3v) is 11.7. The SMILES string of the molecule is CC(=O)OC(CCC[C@@H](C)[C@H]1CC[C@H]2C3=C(F)C[C@H]4[C@@H](O)[C@@H](O)CC[C@]4(C)[C@H]3CC[C@]12C)c1c(F)cccc1F. The minimum absolute atomic E-state index is 0.0223. The number of benzene rings is 1. The number of esters is 1. The molecule has 4 nitrogen and oxygen atoms in total. The van der Waals surface area contributed by atoms with Crippen molar-refractivity contribution in [3.05, 3.63) is 46.8 Å². The van der Waals surface area contributed by atoms with Gasteiger partial charge in [0.1, 0.15) is 23.6 Å². The molecule has 1 aromatic rings. The minimum atomic E-state index is -0.965. The van der Waals surface area contributed by atoms with E-state index in [-0.39, 0.29) is 46.4 Å². The van der Waals surface area contributed by atoms with Gasteiger partial charge in [-0.1, -0.05) is 33.3 Å². The number of hydrogen-bond donors (Lipinski definition) is 2. The van der Waals surface area contributed by atoms with Gasteiger partial charge in [0.05, 0.1) is 17.8 Å². The molecule has 0 aromatic heterocycles. The van der Waals surface area contributed by atoms with Crippen molar-refractivity contribution in [1.29, 1.82) is 0 Å². The highest BCUT2D eigenvalue weighted by molar-refractivity contribution is 5.66. The second kappa shape index (κ2) is 11.1. The Bertz CT molecular complexity index is 1130. The first-order valence-corrected chi connectivity index (χ1v) is 15.2. The molecule has 3 saturated carbocycles. The summed E-state index contributed by atoms with van der Waals surface area (Å²) in [6, 6.07) is 3.67. The lowest BCUT2D eigenvalue weighted by Crippen LogP contribution is -2.55. The van der Waals surface area contributed by atoms with E-state index in [1.165, 1.54) is 25.1 Å². The average molecular weight is 563 g/mol. The van der Waals surface area contributed by atoms with Crippen molar-refractivity contribution in [2.45, 2.75) is 110 Å². The Morgan fingerprint density at radius 1 is 1.00 bits per heavy atom. The van der Waals surface area contributed by atoms with Crippen LogP contribution in [0.3, 0.4) is 0 Å². The predicted octanol–water partition coefficient (Wildman–Crippen LogP) is 7.58. The van der Waals surface area contributed by atoms with E-state index in [2.05, 4.69) is 20.8 Å². The Kier molecular flexibility index (Phi) is 8.21. The first-order chi connectivity index (χ1) is 18.9. The Morgan fingerprint density at radius 2 is 1.65 bits per heavy atom. The van der Waals surface area contributed by atoms with Crippen molar-refractivity contribution in [3.63, 3.8) is 0 Å². The smallest absolute Gasteiger partial charge is 0.303 e. The van der Waals surface area contributed by atoms with Crippen molar-refractivity contribution in [2.75, 3.05) is 0 Å². The lowest BCUT2D eigenvalue weighted by molar-refractivity contribution is -0.147. The molecule has 0 aliphatic heterocycles. The molecule has 0 amide bonds. The summed E-state index contributed by atoms with van der Waals surface area (Å²) in [4.78, 5) is 11.7. The first kappa shape index (κ1) is 29.6. The highest BCUT2D eigenvalue weighted by Crippen LogP contribution is 2.68. The molecule has 0 heterocycles. The minimum Gasteiger partial charge on any atom is -0.457 e. The highest BCUT2D eigenvalue weighted by atomic mass is 19.1. The number of allylic oxidation sites excluding steroid dienone is 2. The normalized spacial score (nSPS) is 38.7. The van der Waals surface area contributed by atoms with Crippen molar-refractivity contribution >= 4 is 5.97 Å². The van der Waals surface area contributed by atoms with Gasteiger partial charge in [-0.2, -0.15) is 0 Å². The van der Waals surface area contributed by atoms with Crippen molar-refractivity contribution in [3.8, 4) is 0 Å². The summed E-state index contributed by atoms with van der Waals surface area (Å²) in [6.45, 7) is 8.02. The number of rotatable bonds is 7. The predicted molar refractivity (Wildman–Crippen MR) is 147 cm³/mol. The molecule has 0 spiro atoms. The molecule has 1 unspecified atom stereocenters. The molecule has 10 atom stereocenters. The molecule has 0 bridgehead atoms. The van der Waals surface area contributed by atoms with Crippen LogP contribution in [0.1, 0.15) is 104 Å². The number of carbonyl (C=O) groups is 1. The molecule has 7 heteroatoms. The zero-order chi connectivity index (χ0) is 29.0. The number of fused-ring (bicyclic) bond motifs is 5. The lowest BCUT2D eigenvalue weighted by Gasteiger charge is -2.59. The van der Waals surface area contributed by atoms with Gasteiger partial charge < -0.3 is 14.9 Å². The van der Waals surface area contributed by atoms with E-state index in [1.54, 1.807) is 0 Å². The van der Waals surface area contributed by atoms with Crippen LogP contribution in [0.4, 0.5) is 13.2 Å². The summed E-state index contributed by atoms with van der Waals surface area (Å²) < 4.78 is 50.2. The molecule has 0 radical (unpaired) electrons. The maximum absolute atomic E-state index is 15.9. The highest BCUT2D eigenvalue weighted by Gasteiger charge is 2.61. The van der Waals surface area contributed by atoms with Crippen LogP contribution in [0.2, 0.25) is 0 Å². The molecule has 5 rings (SSSR count). The van der Waals surface area contributed by atoms with Crippen LogP contribution in [0.15, 0.2) is 29.6 Å². The molecule has 3 fully saturated rings. The van der Waals surface area contributed by atoms with E-state index in [1.807, 2.05) is 0 Å². The van der Waals surface area contributed by atoms with Crippen LogP contribution in [-0.2, 0) is 9.53 Å². The summed E-state index contributed by atoms with van der Waals surface area (Å²) >= 11 is 0. The monoisotopic (exact) mass is 562 g/mol. The number of carbonyl (C=O) groups excluding carboxylic acids is 1. The van der Waals surface area contributed by atoms with Crippen molar-refractivity contribution in [2.24, 2.45) is 40.4 Å². The molecule has 222 valence electrons. The summed E-state index contributed by atoms with van der Waals surface area (Å²) in [5.74, 6) is -1.25. The molecule has 2 N–H and O–H groups in total. The summed E-state index contributed by atoms with van der Waals surface area (Å²) in [5, 5.41) is 21.1. The van der Waals surface area contributed by atoms with Crippen LogP contribution >= 0.6 is 0 Å². The molecule has 0 saturated heterocycles. The summed E-state index contributed by atoms with van der Waals surface area (Å²) in [7, 11) is 0. The molecule has 1 aromatic carbocycles. The van der Waals surface area contributed by atoms with Gasteiger partial charge in [0, 0.05) is 13.3 Å². The summed E-state index contributed by atoms with van der Waals surface area (Å²) in [5.41, 5.74) is 0.590. The van der Waals surface area contributed by atoms with Gasteiger partial charge in [-0.3, -0.25) is 4.79 Å². The third kappa shape index (κ3) is 4.93. The van der Waals surface area contributed by atoms with Crippen LogP contribution < -0.4 is 0 Å². The molecule has 4 aliphatic rings. The topological polar surface area (TPSA) is 66.8 Å². The summed E-state index contributed by atoms with van der Waals surface area (Å²) in [6.07, 6.45) is 4.68. The molecule has 40 heavy (non-hydrogen) atoms. The van der Waals surface area contributed by atoms with Gasteiger partial charge in [-0.05, 0) is 109 Å². The maximum atomic E-state index is 15.9. The Balaban J connectivity index is 1.29. The Labute approximate surface area is 236 Å². The molecular formula is C33H45F3O4. The van der Waals surface area contributed by atoms with E-state index in [0.717, 1.165) is 44.1 Å². The fourth-order valence-corrected chi connectivity index (χ4v) is 9.66. The second-order valence-corrected chi connectivity index (χ2v) is 13.7. The van der Waals surface area contributed by atoms with E-state index < -0.39 is 35.9 Å². The fraction of sp³-hybridized carbons (Fsp3) is 0.727. The van der Waals surface area contributed by atoms with Crippen molar-refractivity contribution < 1.29 is 32.9 Å². The zero-order valence-corrected chi connectivity index (χ0v) is 24.3. The van der Waals surface area contributed by atoms with Gasteiger partial charge in [-0.15, -0.1) is 0 Å². The van der Waals surface area contributed by atoms with E-state index >= 15 is 4.39 Å². The fourth-order valence-electron chi connectivity index (χ4n) is 9.66. The third-order valence-electron chi connectivity index (χ3n) is 11.7. The van der Waals surface area contributed by atoms with Gasteiger partial charge >= 0.3 is 5.97 Å². The quantitative estimate of drug-likeness (QED) is 0.336. The van der Waals surface area contributed by atoms with E-state index in [4.69, 9.17) is 4.74 Å². The largest absolute Gasteiger partial charge is 0.457 e. The van der Waals surface area contributed by atoms with Crippen LogP contribution in [-0.4, -0.2) is 28.4 Å². The molecule has 4 aliphatic carbocycles. The first-order valence-electron chi connectivity index (χ1n) is 15.2. The number of hydrogen-bond acceptors (Lipinski definition) is 4. The average Bonchev–Trinajstić information content (AvgIpc) is 3.24. The Morgan fingerprint density at radius 3 is 2.33 bits per heavy atom. The van der Waals surface area contributed by atoms with E-state index in [0.29, 0.717) is 31.1 Å². The second-order valence-electron chi connectivity index (χ2n) is 13.7. The number of aliphatic hydroxyl groups excluding tert-OH is 2. The van der Waals surface area contributed by atoms with Gasteiger partial charge in [0.15, 0.2) is 0 Å². The zero-order valence-electron chi connectivity index (χ0n) is 24.3. The van der Waals surface area contributed by atoms with Crippen LogP contribution in [0.5, 0.6) is 0 Å². The van der Waals surface area contributed by atoms with Gasteiger partial charge in [0.25, 0.3) is 0 Å². The standard InChI is InChI=1S/C33H45F3O4/c1-18(7-5-10-28(40-19(2)37)30-24(34)8-6-9-25(30)35)20-11-12-21-29-22(13-15-32(20,21)3)33(4)16-14-27(38)31(39)23(33)17-26(29)36/h6,8-9,18,20-23,27-28,31,38-39H,5,7,10-17H2,1-4H3/t18-,20-,21+,22+,23+,27+,28?,31-,32-,33-/m1/s1. The van der Waals surface area contributed by atoms with Gasteiger partial charge in [0.2, 0.25) is 0 Å². The molecular weight excluding hydrogens is 517 g/mol. The van der Waals surface area contributed by atoms with Crippen LogP contribution in [0, 0.1) is 52.1 Å². The lowest BCUT2D eigenvalue weighted by atomic mass is 9.47. The number of halogens is 3. The maximum Gasteiger partial charge on any atom is 0.303 e. The van der Waals surface area contributed by atoms with Gasteiger partial charge in [-0.25, -0.2) is 13.2 Å².